The van der Waals surface area contributed by atoms with Gasteiger partial charge >= 0.3 is 0 Å². The maximum Gasteiger partial charge on any atom is 0.233 e. The fourth-order valence-electron chi connectivity index (χ4n) is 1.64. The van der Waals surface area contributed by atoms with Crippen LogP contribution in [0.25, 0.3) is 0 Å². The second-order valence-corrected chi connectivity index (χ2v) is 7.55. The average Bonchev–Trinajstić information content (AvgIpc) is 2.13. The Bertz CT molecular complexity index is 485. The smallest absolute Gasteiger partial charge is 0.233 e. The first-order valence-electron chi connectivity index (χ1n) is 5.95. The molecule has 0 aliphatic carbocycles. The van der Waals surface area contributed by atoms with Gasteiger partial charge in [0.2, 0.25) is 10.0 Å². The SMILES string of the molecule is CC(N)c1ccc(NS(=O)(=O)CC(C)(C)C)cc1. The van der Waals surface area contributed by atoms with Gasteiger partial charge in [0, 0.05) is 11.7 Å². The van der Waals surface area contributed by atoms with Crippen molar-refractivity contribution in [3.63, 3.8) is 0 Å². The van der Waals surface area contributed by atoms with Crippen molar-refractivity contribution >= 4 is 15.7 Å². The van der Waals surface area contributed by atoms with Crippen LogP contribution in [-0.4, -0.2) is 14.2 Å². The summed E-state index contributed by atoms with van der Waals surface area (Å²) in [5.41, 5.74) is 7.02. The molecule has 0 fully saturated rings. The summed E-state index contributed by atoms with van der Waals surface area (Å²) < 4.78 is 26.4. The normalized spacial score (nSPS) is 14.3. The van der Waals surface area contributed by atoms with Crippen molar-refractivity contribution in [2.24, 2.45) is 11.1 Å². The van der Waals surface area contributed by atoms with E-state index in [2.05, 4.69) is 4.72 Å². The van der Waals surface area contributed by atoms with E-state index in [9.17, 15) is 8.42 Å². The number of nitrogens with two attached hydrogens (primary N) is 1. The summed E-state index contributed by atoms with van der Waals surface area (Å²) in [6.07, 6.45) is 0. The number of sulfonamides is 1. The van der Waals surface area contributed by atoms with Gasteiger partial charge in [-0.05, 0) is 30.0 Å². The molecule has 5 heteroatoms. The van der Waals surface area contributed by atoms with Gasteiger partial charge in [-0.25, -0.2) is 8.42 Å². The third-order valence-corrected chi connectivity index (χ3v) is 4.13. The number of hydrogen-bond donors (Lipinski definition) is 2. The Hall–Kier alpha value is -1.07. The summed E-state index contributed by atoms with van der Waals surface area (Å²) in [5.74, 6) is 0.0923. The highest BCUT2D eigenvalue weighted by molar-refractivity contribution is 7.92. The fraction of sp³-hybridized carbons (Fsp3) is 0.538. The first kappa shape index (κ1) is 15.0. The molecule has 0 heterocycles. The van der Waals surface area contributed by atoms with Gasteiger partial charge in [0.15, 0.2) is 0 Å². The van der Waals surface area contributed by atoms with Crippen LogP contribution in [0.2, 0.25) is 0 Å². The maximum atomic E-state index is 11.9. The number of benzene rings is 1. The maximum absolute atomic E-state index is 11.9. The summed E-state index contributed by atoms with van der Waals surface area (Å²) in [6, 6.07) is 7.09. The number of anilines is 1. The van der Waals surface area contributed by atoms with Crippen molar-refractivity contribution < 1.29 is 8.42 Å². The van der Waals surface area contributed by atoms with Crippen LogP contribution in [0.3, 0.4) is 0 Å². The van der Waals surface area contributed by atoms with Crippen LogP contribution in [0.4, 0.5) is 5.69 Å². The molecule has 0 aliphatic rings. The lowest BCUT2D eigenvalue weighted by molar-refractivity contribution is 0.463. The van der Waals surface area contributed by atoms with E-state index in [1.807, 2.05) is 39.8 Å². The molecule has 0 aliphatic heterocycles. The molecule has 0 aromatic heterocycles. The molecule has 4 nitrogen and oxygen atoms in total. The quantitative estimate of drug-likeness (QED) is 0.883. The topological polar surface area (TPSA) is 72.2 Å². The Morgan fingerprint density at radius 1 is 1.22 bits per heavy atom. The van der Waals surface area contributed by atoms with E-state index in [4.69, 9.17) is 5.73 Å². The lowest BCUT2D eigenvalue weighted by Crippen LogP contribution is -2.26. The zero-order valence-corrected chi connectivity index (χ0v) is 12.2. The van der Waals surface area contributed by atoms with Crippen LogP contribution >= 0.6 is 0 Å². The van der Waals surface area contributed by atoms with Gasteiger partial charge in [-0.3, -0.25) is 4.72 Å². The first-order valence-corrected chi connectivity index (χ1v) is 7.60. The second-order valence-electron chi connectivity index (χ2n) is 5.83. The van der Waals surface area contributed by atoms with E-state index in [0.29, 0.717) is 5.69 Å². The van der Waals surface area contributed by atoms with Crippen LogP contribution in [0, 0.1) is 5.41 Å². The average molecular weight is 270 g/mol. The minimum Gasteiger partial charge on any atom is -0.324 e. The molecule has 0 spiro atoms. The van der Waals surface area contributed by atoms with Gasteiger partial charge in [0.25, 0.3) is 0 Å². The molecule has 1 rings (SSSR count). The molecule has 1 aromatic carbocycles. The first-order chi connectivity index (χ1) is 8.09. The largest absolute Gasteiger partial charge is 0.324 e. The summed E-state index contributed by atoms with van der Waals surface area (Å²) >= 11 is 0. The number of hydrogen-bond acceptors (Lipinski definition) is 3. The van der Waals surface area contributed by atoms with E-state index in [-0.39, 0.29) is 17.2 Å². The van der Waals surface area contributed by atoms with Crippen molar-refractivity contribution in [1.29, 1.82) is 0 Å². The Morgan fingerprint density at radius 2 is 1.72 bits per heavy atom. The van der Waals surface area contributed by atoms with Gasteiger partial charge < -0.3 is 5.73 Å². The van der Waals surface area contributed by atoms with E-state index in [0.717, 1.165) is 5.56 Å². The van der Waals surface area contributed by atoms with Gasteiger partial charge in [-0.15, -0.1) is 0 Å². The van der Waals surface area contributed by atoms with Crippen molar-refractivity contribution in [3.05, 3.63) is 29.8 Å². The number of nitrogens with one attached hydrogen (secondary N) is 1. The van der Waals surface area contributed by atoms with Crippen LogP contribution in [0.1, 0.15) is 39.3 Å². The molecular formula is C13H22N2O2S. The van der Waals surface area contributed by atoms with E-state index >= 15 is 0 Å². The second kappa shape index (κ2) is 5.28. The fourth-order valence-corrected chi connectivity index (χ4v) is 3.35. The Kier molecular flexibility index (Phi) is 4.40. The van der Waals surface area contributed by atoms with Crippen molar-refractivity contribution in [2.45, 2.75) is 33.7 Å². The summed E-state index contributed by atoms with van der Waals surface area (Å²) in [4.78, 5) is 0. The highest BCUT2D eigenvalue weighted by atomic mass is 32.2. The lowest BCUT2D eigenvalue weighted by atomic mass is 10.0. The molecule has 18 heavy (non-hydrogen) atoms. The molecule has 0 saturated carbocycles. The molecule has 1 aromatic rings. The van der Waals surface area contributed by atoms with Gasteiger partial charge in [0.05, 0.1) is 5.75 Å². The number of rotatable bonds is 4. The molecule has 3 N–H and O–H groups in total. The van der Waals surface area contributed by atoms with Crippen LogP contribution < -0.4 is 10.5 Å². The molecule has 0 saturated heterocycles. The third-order valence-electron chi connectivity index (χ3n) is 2.33. The van der Waals surface area contributed by atoms with Crippen LogP contribution in [-0.2, 0) is 10.0 Å². The van der Waals surface area contributed by atoms with E-state index < -0.39 is 10.0 Å². The molecule has 0 bridgehead atoms. The summed E-state index contributed by atoms with van der Waals surface area (Å²) in [5, 5.41) is 0. The van der Waals surface area contributed by atoms with Crippen LogP contribution in [0.15, 0.2) is 24.3 Å². The van der Waals surface area contributed by atoms with Crippen molar-refractivity contribution in [3.8, 4) is 0 Å². The molecule has 102 valence electrons. The Morgan fingerprint density at radius 3 is 2.11 bits per heavy atom. The summed E-state index contributed by atoms with van der Waals surface area (Å²) in [6.45, 7) is 7.57. The van der Waals surface area contributed by atoms with Crippen molar-refractivity contribution in [2.75, 3.05) is 10.5 Å². The summed E-state index contributed by atoms with van der Waals surface area (Å²) in [7, 11) is -3.31. The predicted molar refractivity (Wildman–Crippen MR) is 75.9 cm³/mol. The molecule has 1 atom stereocenters. The van der Waals surface area contributed by atoms with E-state index in [1.54, 1.807) is 12.1 Å². The Labute approximate surface area is 110 Å². The minimum atomic E-state index is -3.31. The zero-order chi connectivity index (χ0) is 14.0. The molecule has 1 unspecified atom stereocenters. The van der Waals surface area contributed by atoms with Gasteiger partial charge in [0.1, 0.15) is 0 Å². The minimum absolute atomic E-state index is 0.0507. The monoisotopic (exact) mass is 270 g/mol. The lowest BCUT2D eigenvalue weighted by Gasteiger charge is -2.19. The third kappa shape index (κ3) is 5.06. The highest BCUT2D eigenvalue weighted by Gasteiger charge is 2.21. The molecular weight excluding hydrogens is 248 g/mol. The highest BCUT2D eigenvalue weighted by Crippen LogP contribution is 2.19. The van der Waals surface area contributed by atoms with Gasteiger partial charge in [-0.2, -0.15) is 0 Å². The molecule has 0 amide bonds. The predicted octanol–water partition coefficient (Wildman–Crippen LogP) is 2.49. The molecule has 0 radical (unpaired) electrons. The standard InChI is InChI=1S/C13H22N2O2S/c1-10(14)11-5-7-12(8-6-11)15-18(16,17)9-13(2,3)4/h5-8,10,15H,9,14H2,1-4H3. The van der Waals surface area contributed by atoms with Crippen molar-refractivity contribution in [1.82, 2.24) is 0 Å². The Balaban J connectivity index is 2.79. The zero-order valence-electron chi connectivity index (χ0n) is 11.4. The van der Waals surface area contributed by atoms with Crippen LogP contribution in [0.5, 0.6) is 0 Å². The van der Waals surface area contributed by atoms with Gasteiger partial charge in [-0.1, -0.05) is 32.9 Å². The van der Waals surface area contributed by atoms with E-state index in [1.165, 1.54) is 0 Å².